The second kappa shape index (κ2) is 6.29. The molecule has 3 aromatic rings. The smallest absolute Gasteiger partial charge is 0.222 e. The molecule has 2 atom stereocenters. The summed E-state index contributed by atoms with van der Waals surface area (Å²) in [6.07, 6.45) is 2.34. The zero-order valence-corrected chi connectivity index (χ0v) is 15.6. The van der Waals surface area contributed by atoms with E-state index in [4.69, 9.17) is 0 Å². The first-order chi connectivity index (χ1) is 11.6. The van der Waals surface area contributed by atoms with Gasteiger partial charge in [0, 0.05) is 4.47 Å². The fourth-order valence-corrected chi connectivity index (χ4v) is 3.69. The monoisotopic (exact) mass is 450 g/mol. The van der Waals surface area contributed by atoms with Gasteiger partial charge in [0.25, 0.3) is 0 Å². The summed E-state index contributed by atoms with van der Waals surface area (Å²) in [7, 11) is 0. The number of aromatic nitrogens is 3. The number of hydrogen-bond acceptors (Lipinski definition) is 3. The van der Waals surface area contributed by atoms with Crippen molar-refractivity contribution in [1.29, 1.82) is 0 Å². The van der Waals surface area contributed by atoms with Gasteiger partial charge in [-0.1, -0.05) is 34.1 Å². The van der Waals surface area contributed by atoms with Crippen LogP contribution in [0.25, 0.3) is 0 Å². The summed E-state index contributed by atoms with van der Waals surface area (Å²) >= 11 is 6.74. The van der Waals surface area contributed by atoms with Crippen molar-refractivity contribution in [2.24, 2.45) is 0 Å². The highest BCUT2D eigenvalue weighted by molar-refractivity contribution is 9.10. The van der Waals surface area contributed by atoms with Crippen LogP contribution in [0, 0.1) is 5.82 Å². The number of nitrogens with zero attached hydrogens (tertiary/aromatic N) is 3. The van der Waals surface area contributed by atoms with Crippen molar-refractivity contribution >= 4 is 37.8 Å². The highest BCUT2D eigenvalue weighted by Gasteiger charge is 2.30. The Morgan fingerprint density at radius 3 is 2.58 bits per heavy atom. The summed E-state index contributed by atoms with van der Waals surface area (Å²) in [6.45, 7) is 0. The van der Waals surface area contributed by atoms with E-state index >= 15 is 0 Å². The molecule has 0 saturated heterocycles. The second-order valence-electron chi connectivity index (χ2n) is 5.70. The maximum atomic E-state index is 13.6. The lowest BCUT2D eigenvalue weighted by Crippen LogP contribution is -2.28. The molecule has 0 fully saturated rings. The summed E-state index contributed by atoms with van der Waals surface area (Å²) in [5.74, 6) is 0.454. The van der Waals surface area contributed by atoms with E-state index < -0.39 is 0 Å². The maximum Gasteiger partial charge on any atom is 0.222 e. The SMILES string of the molecule is Fc1ccc([C@H]2C[C@H](c3ccc(Br)cc3)Nc3ncnn32)cc1Br. The Labute approximate surface area is 155 Å². The molecule has 1 aliphatic heterocycles. The molecule has 0 unspecified atom stereocenters. The number of rotatable bonds is 2. The van der Waals surface area contributed by atoms with Gasteiger partial charge in [-0.25, -0.2) is 9.07 Å². The summed E-state index contributed by atoms with van der Waals surface area (Å²) in [6, 6.07) is 13.4. The van der Waals surface area contributed by atoms with E-state index in [2.05, 4.69) is 59.4 Å². The molecule has 1 aliphatic rings. The average Bonchev–Trinajstić information content (AvgIpc) is 3.06. The molecular weight excluding hydrogens is 439 g/mol. The van der Waals surface area contributed by atoms with E-state index in [9.17, 15) is 4.39 Å². The molecule has 2 heterocycles. The first-order valence-corrected chi connectivity index (χ1v) is 9.07. The van der Waals surface area contributed by atoms with Crippen molar-refractivity contribution in [3.8, 4) is 0 Å². The molecule has 0 radical (unpaired) electrons. The van der Waals surface area contributed by atoms with Gasteiger partial charge in [-0.3, -0.25) is 0 Å². The molecule has 0 spiro atoms. The predicted octanol–water partition coefficient (Wildman–Crippen LogP) is 5.09. The quantitative estimate of drug-likeness (QED) is 0.590. The minimum atomic E-state index is -0.268. The molecule has 7 heteroatoms. The molecule has 122 valence electrons. The number of benzene rings is 2. The molecule has 0 bridgehead atoms. The predicted molar refractivity (Wildman–Crippen MR) is 97.4 cm³/mol. The fraction of sp³-hybridized carbons (Fsp3) is 0.176. The molecule has 1 N–H and O–H groups in total. The molecule has 4 nitrogen and oxygen atoms in total. The Balaban J connectivity index is 1.73. The van der Waals surface area contributed by atoms with E-state index in [0.717, 1.165) is 22.4 Å². The lowest BCUT2D eigenvalue weighted by molar-refractivity contribution is 0.430. The Hall–Kier alpha value is -1.73. The lowest BCUT2D eigenvalue weighted by Gasteiger charge is -2.32. The van der Waals surface area contributed by atoms with E-state index in [1.54, 1.807) is 6.07 Å². The standard InChI is InChI=1S/C17H13Br2FN4/c18-12-4-1-10(2-5-12)15-8-16(24-17(23-15)21-9-22-24)11-3-6-14(20)13(19)7-11/h1-7,9,15-16H,8H2,(H,21,22,23)/t15-,16-/m1/s1. The molecule has 0 aliphatic carbocycles. The molecule has 2 aromatic carbocycles. The third kappa shape index (κ3) is 2.86. The Bertz CT molecular complexity index is 879. The van der Waals surface area contributed by atoms with Crippen LogP contribution in [-0.4, -0.2) is 14.8 Å². The van der Waals surface area contributed by atoms with Gasteiger partial charge in [0.1, 0.15) is 12.1 Å². The van der Waals surface area contributed by atoms with Crippen LogP contribution < -0.4 is 5.32 Å². The zero-order valence-electron chi connectivity index (χ0n) is 12.5. The van der Waals surface area contributed by atoms with Crippen LogP contribution in [0.1, 0.15) is 29.6 Å². The number of fused-ring (bicyclic) bond motifs is 1. The van der Waals surface area contributed by atoms with Crippen molar-refractivity contribution in [2.75, 3.05) is 5.32 Å². The number of anilines is 1. The van der Waals surface area contributed by atoms with Gasteiger partial charge in [0.05, 0.1) is 16.6 Å². The largest absolute Gasteiger partial charge is 0.348 e. The Morgan fingerprint density at radius 2 is 1.83 bits per heavy atom. The first-order valence-electron chi connectivity index (χ1n) is 7.48. The lowest BCUT2D eigenvalue weighted by atomic mass is 9.93. The summed E-state index contributed by atoms with van der Waals surface area (Å²) < 4.78 is 16.9. The van der Waals surface area contributed by atoms with Crippen LogP contribution in [0.5, 0.6) is 0 Å². The van der Waals surface area contributed by atoms with Gasteiger partial charge >= 0.3 is 0 Å². The van der Waals surface area contributed by atoms with Gasteiger partial charge < -0.3 is 5.32 Å². The molecular formula is C17H13Br2FN4. The van der Waals surface area contributed by atoms with Crippen molar-refractivity contribution in [3.63, 3.8) is 0 Å². The third-order valence-electron chi connectivity index (χ3n) is 4.23. The van der Waals surface area contributed by atoms with Crippen molar-refractivity contribution < 1.29 is 4.39 Å². The summed E-state index contributed by atoms with van der Waals surface area (Å²) in [5.41, 5.74) is 2.18. The van der Waals surface area contributed by atoms with Gasteiger partial charge in [0.15, 0.2) is 0 Å². The van der Waals surface area contributed by atoms with Crippen molar-refractivity contribution in [3.05, 3.63) is 74.7 Å². The van der Waals surface area contributed by atoms with Gasteiger partial charge in [0.2, 0.25) is 5.95 Å². The highest BCUT2D eigenvalue weighted by atomic mass is 79.9. The van der Waals surface area contributed by atoms with Crippen LogP contribution in [0.4, 0.5) is 10.3 Å². The van der Waals surface area contributed by atoms with E-state index in [0.29, 0.717) is 4.47 Å². The zero-order chi connectivity index (χ0) is 16.7. The summed E-state index contributed by atoms with van der Waals surface area (Å²) in [5, 5.41) is 7.76. The molecule has 0 amide bonds. The van der Waals surface area contributed by atoms with Crippen LogP contribution in [-0.2, 0) is 0 Å². The molecule has 1 aromatic heterocycles. The van der Waals surface area contributed by atoms with Crippen molar-refractivity contribution in [2.45, 2.75) is 18.5 Å². The Morgan fingerprint density at radius 1 is 1.08 bits per heavy atom. The maximum absolute atomic E-state index is 13.6. The molecule has 0 saturated carbocycles. The van der Waals surface area contributed by atoms with Crippen molar-refractivity contribution in [1.82, 2.24) is 14.8 Å². The number of halogens is 3. The fourth-order valence-electron chi connectivity index (χ4n) is 3.03. The third-order valence-corrected chi connectivity index (χ3v) is 5.37. The van der Waals surface area contributed by atoms with Gasteiger partial charge in [-0.05, 0) is 57.7 Å². The minimum absolute atomic E-state index is 0.00528. The van der Waals surface area contributed by atoms with E-state index in [1.807, 2.05) is 22.9 Å². The van der Waals surface area contributed by atoms with Gasteiger partial charge in [-0.15, -0.1) is 0 Å². The topological polar surface area (TPSA) is 42.7 Å². The highest BCUT2D eigenvalue weighted by Crippen LogP contribution is 2.38. The van der Waals surface area contributed by atoms with E-state index in [-0.39, 0.29) is 17.9 Å². The number of hydrogen-bond donors (Lipinski definition) is 1. The normalized spacial score (nSPS) is 19.6. The minimum Gasteiger partial charge on any atom is -0.348 e. The van der Waals surface area contributed by atoms with Gasteiger partial charge in [-0.2, -0.15) is 10.1 Å². The van der Waals surface area contributed by atoms with Crippen LogP contribution >= 0.6 is 31.9 Å². The first kappa shape index (κ1) is 15.8. The van der Waals surface area contributed by atoms with Crippen LogP contribution in [0.15, 0.2) is 57.7 Å². The second-order valence-corrected chi connectivity index (χ2v) is 7.47. The Kier molecular flexibility index (Phi) is 4.14. The number of nitrogens with one attached hydrogen (secondary N) is 1. The van der Waals surface area contributed by atoms with E-state index in [1.165, 1.54) is 18.0 Å². The van der Waals surface area contributed by atoms with Crippen LogP contribution in [0.3, 0.4) is 0 Å². The molecule has 4 rings (SSSR count). The van der Waals surface area contributed by atoms with Crippen LogP contribution in [0.2, 0.25) is 0 Å². The average molecular weight is 452 g/mol. The molecule has 24 heavy (non-hydrogen) atoms. The summed E-state index contributed by atoms with van der Waals surface area (Å²) in [4.78, 5) is 4.31.